The molecule has 0 spiro atoms. The molecule has 0 atom stereocenters. The third-order valence-electron chi connectivity index (χ3n) is 4.80. The Hall–Kier alpha value is -2.39. The molecule has 29 heavy (non-hydrogen) atoms. The molecule has 0 radical (unpaired) electrons. The maximum atomic E-state index is 12.7. The summed E-state index contributed by atoms with van der Waals surface area (Å²) < 4.78 is 57.0. The topological polar surface area (TPSA) is 95.9 Å². The number of likely N-dealkylation sites (tertiary alicyclic amines) is 1. The zero-order chi connectivity index (χ0) is 21.2. The molecule has 0 saturated carbocycles. The third kappa shape index (κ3) is 4.97. The molecular weight excluding hydrogens is 410 g/mol. The largest absolute Gasteiger partial charge is 0.362 e. The highest BCUT2D eigenvalue weighted by molar-refractivity contribution is 7.92. The molecule has 0 aliphatic carbocycles. The van der Waals surface area contributed by atoms with Crippen molar-refractivity contribution in [3.8, 4) is 0 Å². The Bertz CT molecular complexity index is 1120. The van der Waals surface area contributed by atoms with Crippen LogP contribution in [0, 0.1) is 0 Å². The number of nitrogens with zero attached hydrogens (tertiary/aromatic N) is 2. The van der Waals surface area contributed by atoms with Crippen LogP contribution in [0.4, 0.5) is 5.69 Å². The van der Waals surface area contributed by atoms with Gasteiger partial charge in [0.15, 0.2) is 0 Å². The number of sulfonamides is 2. The lowest BCUT2D eigenvalue weighted by Crippen LogP contribution is -2.20. The Morgan fingerprint density at radius 3 is 2.28 bits per heavy atom. The highest BCUT2D eigenvalue weighted by Gasteiger charge is 2.21. The van der Waals surface area contributed by atoms with Crippen LogP contribution in [0.5, 0.6) is 0 Å². The van der Waals surface area contributed by atoms with Gasteiger partial charge in [-0.15, -0.1) is 4.40 Å². The number of hydrogen-bond acceptors (Lipinski definition) is 4. The van der Waals surface area contributed by atoms with E-state index in [4.69, 9.17) is 0 Å². The monoisotopic (exact) mass is 435 g/mol. The molecule has 1 fully saturated rings. The lowest BCUT2D eigenvalue weighted by molar-refractivity contribution is 0.548. The van der Waals surface area contributed by atoms with Crippen molar-refractivity contribution in [2.75, 3.05) is 18.3 Å². The van der Waals surface area contributed by atoms with Gasteiger partial charge in [0.05, 0.1) is 15.5 Å². The van der Waals surface area contributed by atoms with Crippen molar-refractivity contribution in [3.63, 3.8) is 0 Å². The standard InChI is InChI=1S/C20H25N3O4S2/c1-15(2)16-9-11-18(12-10-16)28(24,25)21-17-6-4-7-19(14-17)29(26,27)22-20-8-5-13-23(20)3/h4,6-7,9-12,14-15,21H,5,8,13H2,1-3H3/b22-20-. The van der Waals surface area contributed by atoms with Gasteiger partial charge in [-0.3, -0.25) is 4.72 Å². The second-order valence-corrected chi connectivity index (χ2v) is 10.7. The van der Waals surface area contributed by atoms with Gasteiger partial charge in [-0.05, 0) is 48.2 Å². The summed E-state index contributed by atoms with van der Waals surface area (Å²) in [6.45, 7) is 4.82. The lowest BCUT2D eigenvalue weighted by Gasteiger charge is -2.12. The average Bonchev–Trinajstić information content (AvgIpc) is 3.05. The molecule has 2 aromatic rings. The molecule has 0 bridgehead atoms. The van der Waals surface area contributed by atoms with E-state index in [0.717, 1.165) is 18.5 Å². The van der Waals surface area contributed by atoms with Crippen molar-refractivity contribution in [2.24, 2.45) is 4.40 Å². The quantitative estimate of drug-likeness (QED) is 0.750. The molecule has 3 rings (SSSR count). The molecule has 2 aromatic carbocycles. The van der Waals surface area contributed by atoms with E-state index in [2.05, 4.69) is 9.12 Å². The highest BCUT2D eigenvalue weighted by atomic mass is 32.2. The van der Waals surface area contributed by atoms with Crippen LogP contribution in [0.25, 0.3) is 0 Å². The number of nitrogens with one attached hydrogen (secondary N) is 1. The maximum absolute atomic E-state index is 12.7. The van der Waals surface area contributed by atoms with Gasteiger partial charge in [-0.1, -0.05) is 32.0 Å². The number of hydrogen-bond donors (Lipinski definition) is 1. The molecule has 1 saturated heterocycles. The van der Waals surface area contributed by atoms with Crippen molar-refractivity contribution in [1.29, 1.82) is 0 Å². The Kier molecular flexibility index (Phi) is 6.00. The van der Waals surface area contributed by atoms with Crippen molar-refractivity contribution < 1.29 is 16.8 Å². The first-order chi connectivity index (χ1) is 13.6. The van der Waals surface area contributed by atoms with Gasteiger partial charge in [0, 0.05) is 20.0 Å². The van der Waals surface area contributed by atoms with Gasteiger partial charge in [-0.25, -0.2) is 8.42 Å². The van der Waals surface area contributed by atoms with E-state index in [1.807, 2.05) is 18.7 Å². The first-order valence-electron chi connectivity index (χ1n) is 9.36. The SMILES string of the molecule is CC(C)c1ccc(S(=O)(=O)Nc2cccc(S(=O)(=O)/N=C3/CCCN3C)c2)cc1. The van der Waals surface area contributed by atoms with Gasteiger partial charge < -0.3 is 4.90 Å². The van der Waals surface area contributed by atoms with Crippen LogP contribution in [0.1, 0.15) is 38.2 Å². The van der Waals surface area contributed by atoms with E-state index in [0.29, 0.717) is 18.2 Å². The summed E-state index contributed by atoms with van der Waals surface area (Å²) in [7, 11) is -5.96. The Balaban J connectivity index is 1.85. The lowest BCUT2D eigenvalue weighted by atomic mass is 10.0. The van der Waals surface area contributed by atoms with Gasteiger partial charge in [0.25, 0.3) is 20.0 Å². The van der Waals surface area contributed by atoms with Crippen LogP contribution < -0.4 is 4.72 Å². The summed E-state index contributed by atoms with van der Waals surface area (Å²) in [6.07, 6.45) is 1.47. The molecular formula is C20H25N3O4S2. The molecule has 0 aromatic heterocycles. The van der Waals surface area contributed by atoms with Crippen molar-refractivity contribution >= 4 is 31.6 Å². The van der Waals surface area contributed by atoms with E-state index in [9.17, 15) is 16.8 Å². The van der Waals surface area contributed by atoms with Crippen LogP contribution in [0.15, 0.2) is 62.7 Å². The fourth-order valence-corrected chi connectivity index (χ4v) is 5.26. The predicted octanol–water partition coefficient (Wildman–Crippen LogP) is 3.42. The zero-order valence-electron chi connectivity index (χ0n) is 16.7. The number of anilines is 1. The van der Waals surface area contributed by atoms with Gasteiger partial charge in [0.1, 0.15) is 5.84 Å². The summed E-state index contributed by atoms with van der Waals surface area (Å²) in [6, 6.07) is 12.3. The molecule has 1 N–H and O–H groups in total. The van der Waals surface area contributed by atoms with Crippen molar-refractivity contribution in [3.05, 3.63) is 54.1 Å². The summed E-state index contributed by atoms with van der Waals surface area (Å²) in [4.78, 5) is 1.87. The molecule has 0 amide bonds. The smallest absolute Gasteiger partial charge is 0.284 e. The fraction of sp³-hybridized carbons (Fsp3) is 0.350. The molecule has 1 aliphatic heterocycles. The minimum atomic E-state index is -3.92. The van der Waals surface area contributed by atoms with Crippen molar-refractivity contribution in [1.82, 2.24) is 4.90 Å². The summed E-state index contributed by atoms with van der Waals surface area (Å²) >= 11 is 0. The summed E-state index contributed by atoms with van der Waals surface area (Å²) in [5.74, 6) is 0.809. The van der Waals surface area contributed by atoms with Gasteiger partial charge in [-0.2, -0.15) is 8.42 Å². The van der Waals surface area contributed by atoms with Gasteiger partial charge >= 0.3 is 0 Å². The maximum Gasteiger partial charge on any atom is 0.284 e. The van der Waals surface area contributed by atoms with Crippen molar-refractivity contribution in [2.45, 2.75) is 42.4 Å². The molecule has 1 heterocycles. The van der Waals surface area contributed by atoms with Crippen LogP contribution in [-0.4, -0.2) is 41.2 Å². The highest BCUT2D eigenvalue weighted by Crippen LogP contribution is 2.23. The van der Waals surface area contributed by atoms with Crippen LogP contribution >= 0.6 is 0 Å². The molecule has 9 heteroatoms. The second kappa shape index (κ2) is 8.16. The van der Waals surface area contributed by atoms with E-state index >= 15 is 0 Å². The fourth-order valence-electron chi connectivity index (χ4n) is 3.07. The third-order valence-corrected chi connectivity index (χ3v) is 7.50. The molecule has 1 aliphatic rings. The molecule has 7 nitrogen and oxygen atoms in total. The Labute approximate surface area is 172 Å². The van der Waals surface area contributed by atoms with E-state index in [1.54, 1.807) is 31.3 Å². The summed E-state index contributed by atoms with van der Waals surface area (Å²) in [5.41, 5.74) is 1.20. The van der Waals surface area contributed by atoms with Crippen LogP contribution in [0.3, 0.4) is 0 Å². The molecule has 0 unspecified atom stereocenters. The van der Waals surface area contributed by atoms with E-state index < -0.39 is 20.0 Å². The second-order valence-electron chi connectivity index (χ2n) is 7.36. The number of benzene rings is 2. The van der Waals surface area contributed by atoms with E-state index in [1.165, 1.54) is 24.3 Å². The zero-order valence-corrected chi connectivity index (χ0v) is 18.3. The van der Waals surface area contributed by atoms with E-state index in [-0.39, 0.29) is 15.5 Å². The number of amidine groups is 1. The minimum Gasteiger partial charge on any atom is -0.362 e. The van der Waals surface area contributed by atoms with Crippen LogP contribution in [0.2, 0.25) is 0 Å². The molecule has 156 valence electrons. The summed E-state index contributed by atoms with van der Waals surface area (Å²) in [5, 5.41) is 0. The van der Waals surface area contributed by atoms with Gasteiger partial charge in [0.2, 0.25) is 0 Å². The average molecular weight is 436 g/mol. The Morgan fingerprint density at radius 2 is 1.69 bits per heavy atom. The first kappa shape index (κ1) is 21.3. The van der Waals surface area contributed by atoms with Crippen LogP contribution in [-0.2, 0) is 20.0 Å². The first-order valence-corrected chi connectivity index (χ1v) is 12.3. The minimum absolute atomic E-state index is 0.0549. The normalized spacial score (nSPS) is 16.6. The predicted molar refractivity (Wildman–Crippen MR) is 114 cm³/mol. The Morgan fingerprint density at radius 1 is 1.00 bits per heavy atom. The number of rotatable bonds is 6.